The van der Waals surface area contributed by atoms with Gasteiger partial charge in [0.2, 0.25) is 0 Å². The highest BCUT2D eigenvalue weighted by molar-refractivity contribution is 6.30. The van der Waals surface area contributed by atoms with Crippen LogP contribution in [0, 0.1) is 6.92 Å². The molecule has 7 heteroatoms. The molecule has 3 heterocycles. The summed E-state index contributed by atoms with van der Waals surface area (Å²) in [6.07, 6.45) is 2.65. The molecule has 0 bridgehead atoms. The fourth-order valence-electron chi connectivity index (χ4n) is 2.91. The lowest BCUT2D eigenvalue weighted by molar-refractivity contribution is 0.337. The fourth-order valence-corrected chi connectivity index (χ4v) is 3.07. The van der Waals surface area contributed by atoms with Crippen molar-refractivity contribution in [3.05, 3.63) is 17.0 Å². The van der Waals surface area contributed by atoms with Crippen molar-refractivity contribution in [2.45, 2.75) is 26.3 Å². The molecule has 108 valence electrons. The van der Waals surface area contributed by atoms with Crippen LogP contribution in [-0.2, 0) is 0 Å². The first-order valence-corrected chi connectivity index (χ1v) is 7.26. The number of likely N-dealkylation sites (N-methyl/N-ethyl adjacent to an activating group) is 1. The van der Waals surface area contributed by atoms with E-state index in [0.717, 1.165) is 37.4 Å². The second-order valence-electron chi connectivity index (χ2n) is 5.48. The summed E-state index contributed by atoms with van der Waals surface area (Å²) in [5.74, 6) is 1.57. The molecule has 6 nitrogen and oxygen atoms in total. The molecule has 2 aromatic rings. The Balaban J connectivity index is 2.12. The van der Waals surface area contributed by atoms with Crippen molar-refractivity contribution in [2.24, 2.45) is 0 Å². The van der Waals surface area contributed by atoms with Crippen LogP contribution in [0.15, 0.2) is 6.33 Å². The maximum absolute atomic E-state index is 6.26. The van der Waals surface area contributed by atoms with Gasteiger partial charge in [-0.2, -0.15) is 19.6 Å². The average molecular weight is 295 g/mol. The largest absolute Gasteiger partial charge is 0.352 e. The molecule has 0 N–H and O–H groups in total. The number of anilines is 1. The van der Waals surface area contributed by atoms with Crippen molar-refractivity contribution in [1.29, 1.82) is 0 Å². The minimum atomic E-state index is 0.395. The summed E-state index contributed by atoms with van der Waals surface area (Å²) in [7, 11) is 2.16. The number of halogens is 1. The van der Waals surface area contributed by atoms with Crippen LogP contribution in [0.1, 0.15) is 18.9 Å². The quantitative estimate of drug-likeness (QED) is 0.748. The molecule has 1 atom stereocenters. The molecule has 1 fully saturated rings. The first kappa shape index (κ1) is 13.6. The molecule has 1 aliphatic rings. The third kappa shape index (κ3) is 2.23. The lowest BCUT2D eigenvalue weighted by atomic mass is 10.2. The number of fused-ring (bicyclic) bond motifs is 1. The average Bonchev–Trinajstić information content (AvgIpc) is 2.77. The van der Waals surface area contributed by atoms with Gasteiger partial charge in [-0.25, -0.2) is 0 Å². The number of hydrogen-bond acceptors (Lipinski definition) is 5. The zero-order valence-electron chi connectivity index (χ0n) is 12.0. The van der Waals surface area contributed by atoms with Gasteiger partial charge < -0.3 is 9.80 Å². The highest BCUT2D eigenvalue weighted by Gasteiger charge is 2.25. The molecule has 1 unspecified atom stereocenters. The monoisotopic (exact) mass is 294 g/mol. The van der Waals surface area contributed by atoms with Gasteiger partial charge in [-0.15, -0.1) is 0 Å². The van der Waals surface area contributed by atoms with Gasteiger partial charge in [-0.1, -0.05) is 11.6 Å². The van der Waals surface area contributed by atoms with Crippen molar-refractivity contribution < 1.29 is 0 Å². The Morgan fingerprint density at radius 2 is 2.15 bits per heavy atom. The minimum absolute atomic E-state index is 0.395. The predicted molar refractivity (Wildman–Crippen MR) is 79.5 cm³/mol. The molecule has 0 amide bonds. The zero-order valence-corrected chi connectivity index (χ0v) is 12.8. The van der Waals surface area contributed by atoms with Crippen molar-refractivity contribution in [2.75, 3.05) is 31.6 Å². The topological polar surface area (TPSA) is 49.6 Å². The van der Waals surface area contributed by atoms with E-state index in [1.807, 2.05) is 6.92 Å². The highest BCUT2D eigenvalue weighted by atomic mass is 35.5. The van der Waals surface area contributed by atoms with Gasteiger partial charge in [0.05, 0.1) is 0 Å². The summed E-state index contributed by atoms with van der Waals surface area (Å²) in [5, 5.41) is 4.81. The molecule has 1 saturated heterocycles. The second kappa shape index (κ2) is 5.18. The van der Waals surface area contributed by atoms with Crippen LogP contribution in [0.4, 0.5) is 5.82 Å². The second-order valence-corrected chi connectivity index (χ2v) is 5.84. The molecule has 0 saturated carbocycles. The smallest absolute Gasteiger partial charge is 0.255 e. The standard InChI is InChI=1S/C13H19ClN6/c1-9-7-18(3)5-4-6-19(9)12-10(2)11(14)17-13-15-8-16-20(12)13/h8-9H,4-7H2,1-3H3. The third-order valence-corrected chi connectivity index (χ3v) is 4.26. The van der Waals surface area contributed by atoms with E-state index in [4.69, 9.17) is 11.6 Å². The van der Waals surface area contributed by atoms with Crippen LogP contribution in [-0.4, -0.2) is 57.2 Å². The van der Waals surface area contributed by atoms with Gasteiger partial charge in [0.25, 0.3) is 5.78 Å². The van der Waals surface area contributed by atoms with Crippen LogP contribution in [0.5, 0.6) is 0 Å². The summed E-state index contributed by atoms with van der Waals surface area (Å²) >= 11 is 6.26. The van der Waals surface area contributed by atoms with E-state index in [-0.39, 0.29) is 0 Å². The first-order valence-electron chi connectivity index (χ1n) is 6.89. The summed E-state index contributed by atoms with van der Waals surface area (Å²) in [5.41, 5.74) is 0.959. The van der Waals surface area contributed by atoms with Gasteiger partial charge in [0.15, 0.2) is 0 Å². The number of hydrogen-bond donors (Lipinski definition) is 0. The number of rotatable bonds is 1. The zero-order chi connectivity index (χ0) is 14.3. The van der Waals surface area contributed by atoms with Crippen LogP contribution in [0.2, 0.25) is 5.15 Å². The Morgan fingerprint density at radius 3 is 2.95 bits per heavy atom. The van der Waals surface area contributed by atoms with Crippen molar-refractivity contribution in [3.8, 4) is 0 Å². The Bertz CT molecular complexity index is 625. The van der Waals surface area contributed by atoms with E-state index in [1.165, 1.54) is 6.33 Å². The minimum Gasteiger partial charge on any atom is -0.352 e. The van der Waals surface area contributed by atoms with Gasteiger partial charge in [0, 0.05) is 24.7 Å². The Labute approximate surface area is 123 Å². The normalized spacial score (nSPS) is 21.4. The van der Waals surface area contributed by atoms with E-state index in [2.05, 4.69) is 38.8 Å². The SMILES string of the molecule is Cc1c(Cl)nc2ncnn2c1N1CCCN(C)CC1C. The predicted octanol–water partition coefficient (Wildman–Crippen LogP) is 1.62. The molecule has 3 rings (SSSR count). The van der Waals surface area contributed by atoms with Crippen molar-refractivity contribution in [1.82, 2.24) is 24.5 Å². The third-order valence-electron chi connectivity index (χ3n) is 3.89. The molecule has 2 aromatic heterocycles. The van der Waals surface area contributed by atoms with Gasteiger partial charge in [-0.3, -0.25) is 0 Å². The van der Waals surface area contributed by atoms with E-state index in [1.54, 1.807) is 4.52 Å². The molecular formula is C13H19ClN6. The van der Waals surface area contributed by atoms with Crippen LogP contribution in [0.3, 0.4) is 0 Å². The van der Waals surface area contributed by atoms with E-state index in [9.17, 15) is 0 Å². The summed E-state index contributed by atoms with van der Waals surface area (Å²) in [4.78, 5) is 13.2. The molecule has 20 heavy (non-hydrogen) atoms. The Morgan fingerprint density at radius 1 is 1.35 bits per heavy atom. The molecular weight excluding hydrogens is 276 g/mol. The lowest BCUT2D eigenvalue weighted by Crippen LogP contribution is -2.39. The lowest BCUT2D eigenvalue weighted by Gasteiger charge is -2.31. The molecule has 1 aliphatic heterocycles. The van der Waals surface area contributed by atoms with Crippen LogP contribution in [0.25, 0.3) is 5.78 Å². The number of nitrogens with zero attached hydrogens (tertiary/aromatic N) is 6. The highest BCUT2D eigenvalue weighted by Crippen LogP contribution is 2.28. The maximum Gasteiger partial charge on any atom is 0.255 e. The van der Waals surface area contributed by atoms with E-state index < -0.39 is 0 Å². The molecule has 0 spiro atoms. The van der Waals surface area contributed by atoms with Gasteiger partial charge in [-0.05, 0) is 33.9 Å². The van der Waals surface area contributed by atoms with Crippen molar-refractivity contribution >= 4 is 23.2 Å². The number of aromatic nitrogens is 4. The summed E-state index contributed by atoms with van der Waals surface area (Å²) in [6.45, 7) is 7.35. The Hall–Kier alpha value is -1.40. The molecule has 0 radical (unpaired) electrons. The van der Waals surface area contributed by atoms with E-state index >= 15 is 0 Å². The van der Waals surface area contributed by atoms with Gasteiger partial charge in [0.1, 0.15) is 17.3 Å². The summed E-state index contributed by atoms with van der Waals surface area (Å²) < 4.78 is 1.79. The fraction of sp³-hybridized carbons (Fsp3) is 0.615. The summed E-state index contributed by atoms with van der Waals surface area (Å²) in [6, 6.07) is 0.395. The van der Waals surface area contributed by atoms with Gasteiger partial charge >= 0.3 is 0 Å². The molecule has 0 aromatic carbocycles. The van der Waals surface area contributed by atoms with Crippen molar-refractivity contribution in [3.63, 3.8) is 0 Å². The maximum atomic E-state index is 6.26. The molecule has 0 aliphatic carbocycles. The Kier molecular flexibility index (Phi) is 3.52. The van der Waals surface area contributed by atoms with E-state index in [0.29, 0.717) is 17.0 Å². The van der Waals surface area contributed by atoms with Crippen LogP contribution < -0.4 is 4.90 Å². The van der Waals surface area contributed by atoms with Crippen LogP contribution >= 0.6 is 11.6 Å². The first-order chi connectivity index (χ1) is 9.58.